The van der Waals surface area contributed by atoms with Gasteiger partial charge in [-0.3, -0.25) is 0 Å². The molecule has 0 radical (unpaired) electrons. The molecule has 1 unspecified atom stereocenters. The Labute approximate surface area is 194 Å². The maximum Gasteiger partial charge on any atom is 0.338 e. The summed E-state index contributed by atoms with van der Waals surface area (Å²) < 4.78 is 16.3. The van der Waals surface area contributed by atoms with Crippen molar-refractivity contribution in [2.24, 2.45) is 0 Å². The Bertz CT molecular complexity index is 958. The third kappa shape index (κ3) is 7.36. The fraction of sp³-hybridized carbons (Fsp3) is 0.385. The molecule has 0 aliphatic heterocycles. The third-order valence-electron chi connectivity index (χ3n) is 5.83. The summed E-state index contributed by atoms with van der Waals surface area (Å²) in [6.07, 6.45) is 6.64. The molecular formula is C26H32N2O5. The molecule has 0 bridgehead atoms. The second kappa shape index (κ2) is 11.5. The molecule has 1 saturated carbocycles. The number of nitrogen functional groups attached to an aromatic ring is 2. The van der Waals surface area contributed by atoms with Gasteiger partial charge in [0.1, 0.15) is 6.10 Å². The lowest BCUT2D eigenvalue weighted by molar-refractivity contribution is -0.138. The van der Waals surface area contributed by atoms with E-state index in [1.807, 2.05) is 19.1 Å². The molecule has 1 fully saturated rings. The Kier molecular flexibility index (Phi) is 8.49. The van der Waals surface area contributed by atoms with Gasteiger partial charge < -0.3 is 25.7 Å². The lowest BCUT2D eigenvalue weighted by Crippen LogP contribution is -2.27. The van der Waals surface area contributed by atoms with Gasteiger partial charge in [0.05, 0.1) is 18.3 Å². The van der Waals surface area contributed by atoms with Crippen molar-refractivity contribution < 1.29 is 23.8 Å². The number of methoxy groups -OCH3 is 1. The van der Waals surface area contributed by atoms with Crippen LogP contribution in [-0.4, -0.2) is 37.9 Å². The fourth-order valence-electron chi connectivity index (χ4n) is 3.84. The molecule has 2 aromatic rings. The van der Waals surface area contributed by atoms with E-state index in [1.165, 1.54) is 6.08 Å². The minimum Gasteiger partial charge on any atom is -0.462 e. The van der Waals surface area contributed by atoms with Crippen molar-refractivity contribution in [1.29, 1.82) is 0 Å². The molecule has 7 heteroatoms. The molecule has 1 aliphatic rings. The number of carbonyl (C=O) groups excluding carboxylic acids is 2. The summed E-state index contributed by atoms with van der Waals surface area (Å²) >= 11 is 0. The highest BCUT2D eigenvalue weighted by atomic mass is 16.5. The Morgan fingerprint density at radius 3 is 2.21 bits per heavy atom. The van der Waals surface area contributed by atoms with Crippen LogP contribution in [0.2, 0.25) is 0 Å². The number of hydrogen-bond donors (Lipinski definition) is 2. The van der Waals surface area contributed by atoms with Gasteiger partial charge in [0.2, 0.25) is 0 Å². The molecule has 1 atom stereocenters. The highest BCUT2D eigenvalue weighted by Crippen LogP contribution is 2.24. The number of nitrogens with two attached hydrogens (primary N) is 2. The van der Waals surface area contributed by atoms with Crippen molar-refractivity contribution in [3.05, 3.63) is 65.2 Å². The molecule has 0 heterocycles. The van der Waals surface area contributed by atoms with E-state index < -0.39 is 5.97 Å². The van der Waals surface area contributed by atoms with Crippen molar-refractivity contribution in [1.82, 2.24) is 0 Å². The lowest BCUT2D eigenvalue weighted by atomic mass is 9.95. The average molecular weight is 453 g/mol. The summed E-state index contributed by atoms with van der Waals surface area (Å²) in [7, 11) is 1.71. The first kappa shape index (κ1) is 24.3. The second-order valence-corrected chi connectivity index (χ2v) is 8.46. The van der Waals surface area contributed by atoms with Crippen LogP contribution in [0.5, 0.6) is 0 Å². The molecule has 1 aliphatic carbocycles. The van der Waals surface area contributed by atoms with E-state index >= 15 is 0 Å². The SMILES string of the molecule is COC1CCC(OC(=O)c2ccc(C=CC(=O)OCC(C)c3cc(N)cc(N)c3)cc2)CC1. The second-order valence-electron chi connectivity index (χ2n) is 8.46. The van der Waals surface area contributed by atoms with Crippen molar-refractivity contribution in [3.8, 4) is 0 Å². The summed E-state index contributed by atoms with van der Waals surface area (Å²) in [6.45, 7) is 2.15. The Hall–Kier alpha value is -3.32. The minimum absolute atomic E-state index is 0.0389. The molecule has 7 nitrogen and oxygen atoms in total. The van der Waals surface area contributed by atoms with Gasteiger partial charge in [-0.25, -0.2) is 9.59 Å². The quantitative estimate of drug-likeness (QED) is 0.348. The van der Waals surface area contributed by atoms with Gasteiger partial charge in [-0.1, -0.05) is 19.1 Å². The number of benzene rings is 2. The Morgan fingerprint density at radius 2 is 1.61 bits per heavy atom. The first-order valence-electron chi connectivity index (χ1n) is 11.2. The number of anilines is 2. The zero-order chi connectivity index (χ0) is 23.8. The summed E-state index contributed by atoms with van der Waals surface area (Å²) in [6, 6.07) is 12.2. The van der Waals surface area contributed by atoms with Gasteiger partial charge in [-0.05, 0) is 73.2 Å². The van der Waals surface area contributed by atoms with Crippen LogP contribution in [-0.2, 0) is 19.0 Å². The summed E-state index contributed by atoms with van der Waals surface area (Å²) in [4.78, 5) is 24.5. The van der Waals surface area contributed by atoms with Gasteiger partial charge in [0.25, 0.3) is 0 Å². The predicted octanol–water partition coefficient (Wildman–Crippen LogP) is 4.33. The predicted molar refractivity (Wildman–Crippen MR) is 129 cm³/mol. The highest BCUT2D eigenvalue weighted by Gasteiger charge is 2.24. The van der Waals surface area contributed by atoms with Gasteiger partial charge in [-0.2, -0.15) is 0 Å². The van der Waals surface area contributed by atoms with Gasteiger partial charge in [0.15, 0.2) is 0 Å². The Balaban J connectivity index is 1.46. The monoisotopic (exact) mass is 452 g/mol. The van der Waals surface area contributed by atoms with Crippen LogP contribution in [0.25, 0.3) is 6.08 Å². The van der Waals surface area contributed by atoms with E-state index in [0.29, 0.717) is 16.9 Å². The standard InChI is InChI=1S/C26H32N2O5/c1-17(20-13-21(27)15-22(28)14-20)16-32-25(29)12-5-18-3-6-19(7-4-18)26(30)33-24-10-8-23(31-2)9-11-24/h3-7,12-15,17,23-24H,8-11,16,27-28H2,1-2H3. The van der Waals surface area contributed by atoms with E-state index in [0.717, 1.165) is 36.8 Å². The van der Waals surface area contributed by atoms with Crippen LogP contribution < -0.4 is 11.5 Å². The van der Waals surface area contributed by atoms with Crippen molar-refractivity contribution in [3.63, 3.8) is 0 Å². The van der Waals surface area contributed by atoms with E-state index in [-0.39, 0.29) is 30.7 Å². The summed E-state index contributed by atoms with van der Waals surface area (Å²) in [5.74, 6) is -0.821. The van der Waals surface area contributed by atoms with E-state index in [4.69, 9.17) is 25.7 Å². The Morgan fingerprint density at radius 1 is 1.00 bits per heavy atom. The third-order valence-corrected chi connectivity index (χ3v) is 5.83. The molecule has 3 rings (SSSR count). The zero-order valence-electron chi connectivity index (χ0n) is 19.2. The van der Waals surface area contributed by atoms with Crippen LogP contribution in [0, 0.1) is 0 Å². The molecule has 0 saturated heterocycles. The number of hydrogen-bond acceptors (Lipinski definition) is 7. The maximum absolute atomic E-state index is 12.4. The van der Waals surface area contributed by atoms with Crippen LogP contribution in [0.15, 0.2) is 48.5 Å². The van der Waals surface area contributed by atoms with Crippen molar-refractivity contribution in [2.75, 3.05) is 25.2 Å². The van der Waals surface area contributed by atoms with E-state index in [9.17, 15) is 9.59 Å². The summed E-state index contributed by atoms with van der Waals surface area (Å²) in [5, 5.41) is 0. The first-order chi connectivity index (χ1) is 15.8. The van der Waals surface area contributed by atoms with Crippen LogP contribution in [0.4, 0.5) is 11.4 Å². The van der Waals surface area contributed by atoms with Gasteiger partial charge >= 0.3 is 11.9 Å². The molecule has 4 N–H and O–H groups in total. The van der Waals surface area contributed by atoms with Crippen LogP contribution in [0.3, 0.4) is 0 Å². The summed E-state index contributed by atoms with van der Waals surface area (Å²) in [5.41, 5.74) is 15.0. The average Bonchev–Trinajstić information content (AvgIpc) is 2.81. The molecule has 2 aromatic carbocycles. The number of esters is 2. The molecule has 0 spiro atoms. The van der Waals surface area contributed by atoms with E-state index in [2.05, 4.69) is 0 Å². The van der Waals surface area contributed by atoms with Crippen molar-refractivity contribution >= 4 is 29.4 Å². The smallest absolute Gasteiger partial charge is 0.338 e. The zero-order valence-corrected chi connectivity index (χ0v) is 19.2. The molecular weight excluding hydrogens is 420 g/mol. The lowest BCUT2D eigenvalue weighted by Gasteiger charge is -2.27. The highest BCUT2D eigenvalue weighted by molar-refractivity contribution is 5.90. The minimum atomic E-state index is -0.450. The number of ether oxygens (including phenoxy) is 3. The first-order valence-corrected chi connectivity index (χ1v) is 11.2. The van der Waals surface area contributed by atoms with Gasteiger partial charge in [-0.15, -0.1) is 0 Å². The largest absolute Gasteiger partial charge is 0.462 e. The number of carbonyl (C=O) groups is 2. The van der Waals surface area contributed by atoms with Crippen LogP contribution >= 0.6 is 0 Å². The molecule has 0 amide bonds. The normalized spacial score (nSPS) is 19.2. The number of rotatable bonds is 8. The molecule has 33 heavy (non-hydrogen) atoms. The molecule has 0 aromatic heterocycles. The van der Waals surface area contributed by atoms with Crippen LogP contribution in [0.1, 0.15) is 60.0 Å². The topological polar surface area (TPSA) is 114 Å². The van der Waals surface area contributed by atoms with Crippen molar-refractivity contribution in [2.45, 2.75) is 50.7 Å². The van der Waals surface area contributed by atoms with E-state index in [1.54, 1.807) is 43.5 Å². The molecule has 176 valence electrons. The fourth-order valence-corrected chi connectivity index (χ4v) is 3.84. The van der Waals surface area contributed by atoms with Gasteiger partial charge in [0, 0.05) is 30.5 Å². The maximum atomic E-state index is 12.4.